The van der Waals surface area contributed by atoms with Crippen molar-refractivity contribution in [2.24, 2.45) is 0 Å². The Morgan fingerprint density at radius 2 is 1.85 bits per heavy atom. The maximum absolute atomic E-state index is 12.6. The SMILES string of the molecule is CN(C)CCN(C)c1ccc2cc(-c3nc4ccccc4s3)c(=O)oc2c1. The van der Waals surface area contributed by atoms with E-state index in [1.54, 1.807) is 0 Å². The summed E-state index contributed by atoms with van der Waals surface area (Å²) in [5.74, 6) is 0. The van der Waals surface area contributed by atoms with E-state index in [1.807, 2.05) is 49.5 Å². The minimum Gasteiger partial charge on any atom is -0.422 e. The molecule has 2 aromatic heterocycles. The van der Waals surface area contributed by atoms with E-state index in [0.29, 0.717) is 16.2 Å². The first-order valence-electron chi connectivity index (χ1n) is 8.81. The van der Waals surface area contributed by atoms with Gasteiger partial charge in [-0.1, -0.05) is 12.1 Å². The predicted molar refractivity (Wildman–Crippen MR) is 113 cm³/mol. The minimum absolute atomic E-state index is 0.352. The summed E-state index contributed by atoms with van der Waals surface area (Å²) in [6, 6.07) is 15.7. The second-order valence-electron chi connectivity index (χ2n) is 6.88. The number of anilines is 1. The molecule has 4 rings (SSSR count). The lowest BCUT2D eigenvalue weighted by Gasteiger charge is -2.21. The van der Waals surface area contributed by atoms with Crippen LogP contribution >= 0.6 is 11.3 Å². The van der Waals surface area contributed by atoms with Gasteiger partial charge in [-0.3, -0.25) is 0 Å². The van der Waals surface area contributed by atoms with E-state index in [1.165, 1.54) is 11.3 Å². The molecule has 0 radical (unpaired) electrons. The molecule has 5 nitrogen and oxygen atoms in total. The van der Waals surface area contributed by atoms with Gasteiger partial charge in [0.25, 0.3) is 0 Å². The third kappa shape index (κ3) is 3.59. The fourth-order valence-corrected chi connectivity index (χ4v) is 3.92. The van der Waals surface area contributed by atoms with Crippen LogP contribution in [0.25, 0.3) is 31.8 Å². The predicted octanol–water partition coefficient (Wildman–Crippen LogP) is 4.07. The third-order valence-electron chi connectivity index (χ3n) is 4.57. The van der Waals surface area contributed by atoms with E-state index in [-0.39, 0.29) is 5.63 Å². The molecule has 0 saturated heterocycles. The molecule has 0 saturated carbocycles. The van der Waals surface area contributed by atoms with Gasteiger partial charge in [0.05, 0.1) is 15.8 Å². The molecular weight excluding hydrogens is 358 g/mol. The maximum Gasteiger partial charge on any atom is 0.346 e. The Balaban J connectivity index is 1.71. The van der Waals surface area contributed by atoms with E-state index in [0.717, 1.165) is 34.4 Å². The van der Waals surface area contributed by atoms with Gasteiger partial charge >= 0.3 is 5.63 Å². The average molecular weight is 379 g/mol. The molecule has 0 fully saturated rings. The van der Waals surface area contributed by atoms with Gasteiger partial charge in [-0.15, -0.1) is 11.3 Å². The number of hydrogen-bond donors (Lipinski definition) is 0. The largest absolute Gasteiger partial charge is 0.422 e. The van der Waals surface area contributed by atoms with Crippen molar-refractivity contribution in [1.29, 1.82) is 0 Å². The summed E-state index contributed by atoms with van der Waals surface area (Å²) in [5.41, 5.74) is 2.68. The Morgan fingerprint density at radius 3 is 2.63 bits per heavy atom. The van der Waals surface area contributed by atoms with Gasteiger partial charge in [-0.05, 0) is 44.4 Å². The molecule has 0 spiro atoms. The number of fused-ring (bicyclic) bond motifs is 2. The van der Waals surface area contributed by atoms with Crippen LogP contribution in [0.3, 0.4) is 0 Å². The van der Waals surface area contributed by atoms with E-state index < -0.39 is 0 Å². The molecule has 2 heterocycles. The zero-order valence-electron chi connectivity index (χ0n) is 15.6. The van der Waals surface area contributed by atoms with Crippen molar-refractivity contribution in [3.05, 3.63) is 59.0 Å². The molecule has 0 atom stereocenters. The summed E-state index contributed by atoms with van der Waals surface area (Å²) in [7, 11) is 6.14. The summed E-state index contributed by atoms with van der Waals surface area (Å²) in [6.45, 7) is 1.85. The van der Waals surface area contributed by atoms with Crippen molar-refractivity contribution in [1.82, 2.24) is 9.88 Å². The zero-order chi connectivity index (χ0) is 19.0. The summed E-state index contributed by atoms with van der Waals surface area (Å²) in [6.07, 6.45) is 0. The van der Waals surface area contributed by atoms with Crippen LogP contribution in [-0.2, 0) is 0 Å². The second kappa shape index (κ2) is 7.13. The van der Waals surface area contributed by atoms with Crippen molar-refractivity contribution in [3.63, 3.8) is 0 Å². The number of aromatic nitrogens is 1. The van der Waals surface area contributed by atoms with Crippen LogP contribution in [-0.4, -0.2) is 44.1 Å². The Bertz CT molecular complexity index is 1130. The van der Waals surface area contributed by atoms with E-state index in [9.17, 15) is 4.79 Å². The van der Waals surface area contributed by atoms with Crippen LogP contribution in [0.5, 0.6) is 0 Å². The molecule has 0 N–H and O–H groups in total. The second-order valence-corrected chi connectivity index (χ2v) is 7.91. The molecule has 0 amide bonds. The van der Waals surface area contributed by atoms with E-state index >= 15 is 0 Å². The number of nitrogens with zero attached hydrogens (tertiary/aromatic N) is 3. The molecule has 0 bridgehead atoms. The van der Waals surface area contributed by atoms with Gasteiger partial charge in [0.15, 0.2) is 0 Å². The molecule has 4 aromatic rings. The van der Waals surface area contributed by atoms with Crippen LogP contribution in [0.15, 0.2) is 57.7 Å². The standard InChI is InChI=1S/C21H21N3O2S/c1-23(2)10-11-24(3)15-9-8-14-12-16(21(25)26-18(14)13-15)20-22-17-6-4-5-7-19(17)27-20/h4-9,12-13H,10-11H2,1-3H3. The van der Waals surface area contributed by atoms with Crippen molar-refractivity contribution in [3.8, 4) is 10.6 Å². The lowest BCUT2D eigenvalue weighted by molar-refractivity contribution is 0.416. The number of likely N-dealkylation sites (N-methyl/N-ethyl adjacent to an activating group) is 2. The van der Waals surface area contributed by atoms with Gasteiger partial charge < -0.3 is 14.2 Å². The summed E-state index contributed by atoms with van der Waals surface area (Å²) in [5, 5.41) is 1.59. The molecule has 0 aliphatic heterocycles. The number of hydrogen-bond acceptors (Lipinski definition) is 6. The summed E-state index contributed by atoms with van der Waals surface area (Å²) >= 11 is 1.51. The van der Waals surface area contributed by atoms with Gasteiger partial charge in [-0.25, -0.2) is 9.78 Å². The van der Waals surface area contributed by atoms with Crippen LogP contribution < -0.4 is 10.5 Å². The Labute approximate surface area is 161 Å². The molecule has 138 valence electrons. The first kappa shape index (κ1) is 17.7. The smallest absolute Gasteiger partial charge is 0.346 e. The molecule has 27 heavy (non-hydrogen) atoms. The maximum atomic E-state index is 12.6. The highest BCUT2D eigenvalue weighted by atomic mass is 32.1. The fraction of sp³-hybridized carbons (Fsp3) is 0.238. The van der Waals surface area contributed by atoms with E-state index in [2.05, 4.69) is 34.9 Å². The van der Waals surface area contributed by atoms with Gasteiger partial charge in [0, 0.05) is 37.3 Å². The first-order valence-corrected chi connectivity index (χ1v) is 9.62. The number of thiazole rings is 1. The number of rotatable bonds is 5. The Hall–Kier alpha value is -2.70. The molecule has 2 aromatic carbocycles. The lowest BCUT2D eigenvalue weighted by atomic mass is 10.1. The van der Waals surface area contributed by atoms with Crippen molar-refractivity contribution in [2.45, 2.75) is 0 Å². The third-order valence-corrected chi connectivity index (χ3v) is 5.64. The van der Waals surface area contributed by atoms with Crippen LogP contribution in [0, 0.1) is 0 Å². The molecular formula is C21H21N3O2S. The monoisotopic (exact) mass is 379 g/mol. The van der Waals surface area contributed by atoms with Crippen molar-refractivity contribution in [2.75, 3.05) is 39.1 Å². The van der Waals surface area contributed by atoms with Crippen molar-refractivity contribution >= 4 is 38.2 Å². The van der Waals surface area contributed by atoms with Gasteiger partial charge in [0.1, 0.15) is 10.6 Å². The van der Waals surface area contributed by atoms with Crippen LogP contribution in [0.4, 0.5) is 5.69 Å². The normalized spacial score (nSPS) is 11.6. The van der Waals surface area contributed by atoms with Crippen LogP contribution in [0.1, 0.15) is 0 Å². The highest BCUT2D eigenvalue weighted by Gasteiger charge is 2.13. The number of para-hydroxylation sites is 1. The first-order chi connectivity index (χ1) is 13.0. The van der Waals surface area contributed by atoms with Gasteiger partial charge in [-0.2, -0.15) is 0 Å². The quantitative estimate of drug-likeness (QED) is 0.489. The molecule has 0 aliphatic carbocycles. The highest BCUT2D eigenvalue weighted by molar-refractivity contribution is 7.21. The van der Waals surface area contributed by atoms with E-state index in [4.69, 9.17) is 4.42 Å². The number of benzene rings is 2. The van der Waals surface area contributed by atoms with Crippen molar-refractivity contribution < 1.29 is 4.42 Å². The molecule has 0 unspecified atom stereocenters. The molecule has 0 aliphatic rings. The van der Waals surface area contributed by atoms with Crippen LogP contribution in [0.2, 0.25) is 0 Å². The summed E-state index contributed by atoms with van der Waals surface area (Å²) < 4.78 is 6.69. The minimum atomic E-state index is -0.352. The fourth-order valence-electron chi connectivity index (χ4n) is 2.95. The summed E-state index contributed by atoms with van der Waals surface area (Å²) in [4.78, 5) is 21.5. The lowest BCUT2D eigenvalue weighted by Crippen LogP contribution is -2.28. The Kier molecular flexibility index (Phi) is 4.68. The Morgan fingerprint density at radius 1 is 1.04 bits per heavy atom. The van der Waals surface area contributed by atoms with Gasteiger partial charge in [0.2, 0.25) is 0 Å². The molecule has 6 heteroatoms. The highest BCUT2D eigenvalue weighted by Crippen LogP contribution is 2.30. The zero-order valence-corrected chi connectivity index (χ0v) is 16.4. The topological polar surface area (TPSA) is 49.6 Å². The average Bonchev–Trinajstić information content (AvgIpc) is 3.08.